The zero-order valence-corrected chi connectivity index (χ0v) is 12.9. The molecule has 0 aliphatic rings. The van der Waals surface area contributed by atoms with Crippen molar-refractivity contribution in [3.8, 4) is 0 Å². The van der Waals surface area contributed by atoms with Crippen LogP contribution in [0.2, 0.25) is 0 Å². The van der Waals surface area contributed by atoms with Crippen LogP contribution >= 0.6 is 0 Å². The van der Waals surface area contributed by atoms with E-state index in [1.165, 1.54) is 5.56 Å². The van der Waals surface area contributed by atoms with Crippen LogP contribution in [0.3, 0.4) is 0 Å². The van der Waals surface area contributed by atoms with Gasteiger partial charge in [-0.15, -0.1) is 0 Å². The van der Waals surface area contributed by atoms with Gasteiger partial charge in [-0.2, -0.15) is 0 Å². The number of nitrogens with one attached hydrogen (secondary N) is 1. The molecule has 0 saturated heterocycles. The summed E-state index contributed by atoms with van der Waals surface area (Å²) in [6.07, 6.45) is 0.890. The van der Waals surface area contributed by atoms with Crippen LogP contribution in [-0.2, 0) is 11.2 Å². The minimum absolute atomic E-state index is 0.00496. The molecule has 1 amide bonds. The Kier molecular flexibility index (Phi) is 5.59. The van der Waals surface area contributed by atoms with E-state index in [2.05, 4.69) is 52.1 Å². The van der Waals surface area contributed by atoms with Crippen molar-refractivity contribution in [2.45, 2.75) is 41.0 Å². The molecule has 1 unspecified atom stereocenters. The van der Waals surface area contributed by atoms with E-state index in [-0.39, 0.29) is 17.2 Å². The summed E-state index contributed by atoms with van der Waals surface area (Å²) in [4.78, 5) is 12.3. The average molecular weight is 261 g/mol. The normalized spacial score (nSPS) is 13.4. The zero-order chi connectivity index (χ0) is 14.5. The highest BCUT2D eigenvalue weighted by atomic mass is 16.1. The SMILES string of the molecule is CC(C)C(C(=O)NCCc1ccccc1)C(C)(C)C. The molecule has 0 radical (unpaired) electrons. The molecule has 0 heterocycles. The summed E-state index contributed by atoms with van der Waals surface area (Å²) in [5.74, 6) is 0.596. The summed E-state index contributed by atoms with van der Waals surface area (Å²) in [5.41, 5.74) is 1.27. The van der Waals surface area contributed by atoms with E-state index < -0.39 is 0 Å². The molecule has 2 heteroatoms. The first-order valence-corrected chi connectivity index (χ1v) is 7.14. The Bertz CT molecular complexity index is 389. The highest BCUT2D eigenvalue weighted by Crippen LogP contribution is 2.32. The van der Waals surface area contributed by atoms with Crippen molar-refractivity contribution in [1.29, 1.82) is 0 Å². The van der Waals surface area contributed by atoms with E-state index in [1.807, 2.05) is 18.2 Å². The van der Waals surface area contributed by atoms with Crippen molar-refractivity contribution >= 4 is 5.91 Å². The highest BCUT2D eigenvalue weighted by molar-refractivity contribution is 5.79. The number of carbonyl (C=O) groups is 1. The van der Waals surface area contributed by atoms with Crippen molar-refractivity contribution < 1.29 is 4.79 Å². The van der Waals surface area contributed by atoms with Gasteiger partial charge < -0.3 is 5.32 Å². The number of rotatable bonds is 5. The van der Waals surface area contributed by atoms with Gasteiger partial charge in [0.1, 0.15) is 0 Å². The highest BCUT2D eigenvalue weighted by Gasteiger charge is 2.33. The van der Waals surface area contributed by atoms with E-state index >= 15 is 0 Å². The molecule has 0 fully saturated rings. The average Bonchev–Trinajstić information content (AvgIpc) is 2.27. The number of carbonyl (C=O) groups excluding carboxylic acids is 1. The predicted octanol–water partition coefficient (Wildman–Crippen LogP) is 3.66. The second kappa shape index (κ2) is 6.74. The van der Waals surface area contributed by atoms with Crippen LogP contribution in [0.25, 0.3) is 0 Å². The van der Waals surface area contributed by atoms with Crippen LogP contribution in [0.15, 0.2) is 30.3 Å². The molecule has 1 atom stereocenters. The third kappa shape index (κ3) is 5.06. The quantitative estimate of drug-likeness (QED) is 0.861. The van der Waals surface area contributed by atoms with Gasteiger partial charge in [0.25, 0.3) is 0 Å². The maximum atomic E-state index is 12.3. The number of amides is 1. The van der Waals surface area contributed by atoms with Crippen molar-refractivity contribution in [1.82, 2.24) is 5.32 Å². The van der Waals surface area contributed by atoms with Gasteiger partial charge in [-0.3, -0.25) is 4.79 Å². The summed E-state index contributed by atoms with van der Waals surface area (Å²) >= 11 is 0. The lowest BCUT2D eigenvalue weighted by molar-refractivity contribution is -0.130. The summed E-state index contributed by atoms with van der Waals surface area (Å²) in [6, 6.07) is 10.3. The lowest BCUT2D eigenvalue weighted by atomic mass is 9.74. The minimum Gasteiger partial charge on any atom is -0.356 e. The number of hydrogen-bond donors (Lipinski definition) is 1. The molecule has 1 N–H and O–H groups in total. The predicted molar refractivity (Wildman–Crippen MR) is 80.9 cm³/mol. The lowest BCUT2D eigenvalue weighted by Crippen LogP contribution is -2.41. The van der Waals surface area contributed by atoms with E-state index in [4.69, 9.17) is 0 Å². The molecule has 1 aromatic carbocycles. The number of hydrogen-bond acceptors (Lipinski definition) is 1. The first kappa shape index (κ1) is 15.7. The fraction of sp³-hybridized carbons (Fsp3) is 0.588. The number of benzene rings is 1. The smallest absolute Gasteiger partial charge is 0.223 e. The molecule has 0 spiro atoms. The molecule has 0 aliphatic carbocycles. The van der Waals surface area contributed by atoms with Gasteiger partial charge in [0.2, 0.25) is 5.91 Å². The molecule has 1 aromatic rings. The molecule has 0 aromatic heterocycles. The first-order valence-electron chi connectivity index (χ1n) is 7.14. The Balaban J connectivity index is 2.50. The van der Waals surface area contributed by atoms with Gasteiger partial charge in [0.15, 0.2) is 0 Å². The van der Waals surface area contributed by atoms with Gasteiger partial charge in [-0.05, 0) is 23.3 Å². The Morgan fingerprint density at radius 2 is 1.74 bits per heavy atom. The topological polar surface area (TPSA) is 29.1 Å². The molecule has 19 heavy (non-hydrogen) atoms. The summed E-state index contributed by atoms with van der Waals surface area (Å²) in [6.45, 7) is 11.3. The third-order valence-electron chi connectivity index (χ3n) is 3.44. The van der Waals surface area contributed by atoms with Crippen molar-refractivity contribution in [3.63, 3.8) is 0 Å². The van der Waals surface area contributed by atoms with Crippen LogP contribution in [0.5, 0.6) is 0 Å². The summed E-state index contributed by atoms with van der Waals surface area (Å²) < 4.78 is 0. The van der Waals surface area contributed by atoms with E-state index in [9.17, 15) is 4.79 Å². The molecule has 106 valence electrons. The Morgan fingerprint density at radius 1 is 1.16 bits per heavy atom. The standard InChI is InChI=1S/C17H27NO/c1-13(2)15(17(3,4)5)16(19)18-12-11-14-9-7-6-8-10-14/h6-10,13,15H,11-12H2,1-5H3,(H,18,19). The maximum absolute atomic E-state index is 12.3. The fourth-order valence-electron chi connectivity index (χ4n) is 2.78. The Morgan fingerprint density at radius 3 is 2.21 bits per heavy atom. The summed E-state index contributed by atoms with van der Waals surface area (Å²) in [7, 11) is 0. The molecular formula is C17H27NO. The largest absolute Gasteiger partial charge is 0.356 e. The van der Waals surface area contributed by atoms with Crippen molar-refractivity contribution in [2.75, 3.05) is 6.54 Å². The molecule has 2 nitrogen and oxygen atoms in total. The third-order valence-corrected chi connectivity index (χ3v) is 3.44. The van der Waals surface area contributed by atoms with E-state index in [0.29, 0.717) is 12.5 Å². The Labute approximate surface area is 117 Å². The minimum atomic E-state index is 0.00496. The lowest BCUT2D eigenvalue weighted by Gasteiger charge is -2.32. The van der Waals surface area contributed by atoms with Crippen molar-refractivity contribution in [3.05, 3.63) is 35.9 Å². The molecular weight excluding hydrogens is 234 g/mol. The molecule has 0 bridgehead atoms. The van der Waals surface area contributed by atoms with E-state index in [1.54, 1.807) is 0 Å². The van der Waals surface area contributed by atoms with Gasteiger partial charge in [-0.1, -0.05) is 65.0 Å². The van der Waals surface area contributed by atoms with Crippen LogP contribution in [-0.4, -0.2) is 12.5 Å². The van der Waals surface area contributed by atoms with Gasteiger partial charge >= 0.3 is 0 Å². The monoisotopic (exact) mass is 261 g/mol. The Hall–Kier alpha value is -1.31. The molecule has 1 rings (SSSR count). The molecule has 0 aliphatic heterocycles. The van der Waals surface area contributed by atoms with Crippen LogP contribution < -0.4 is 5.32 Å². The van der Waals surface area contributed by atoms with Crippen molar-refractivity contribution in [2.24, 2.45) is 17.3 Å². The fourth-order valence-corrected chi connectivity index (χ4v) is 2.78. The van der Waals surface area contributed by atoms with Gasteiger partial charge in [-0.25, -0.2) is 0 Å². The summed E-state index contributed by atoms with van der Waals surface area (Å²) in [5, 5.41) is 3.08. The maximum Gasteiger partial charge on any atom is 0.223 e. The molecule has 0 saturated carbocycles. The van der Waals surface area contributed by atoms with Gasteiger partial charge in [0.05, 0.1) is 0 Å². The van der Waals surface area contributed by atoms with Crippen LogP contribution in [0.4, 0.5) is 0 Å². The second-order valence-corrected chi connectivity index (χ2v) is 6.61. The van der Waals surface area contributed by atoms with Crippen LogP contribution in [0, 0.1) is 17.3 Å². The van der Waals surface area contributed by atoms with E-state index in [0.717, 1.165) is 6.42 Å². The van der Waals surface area contributed by atoms with Crippen LogP contribution in [0.1, 0.15) is 40.2 Å². The van der Waals surface area contributed by atoms with Gasteiger partial charge in [0, 0.05) is 12.5 Å². The zero-order valence-electron chi connectivity index (χ0n) is 12.9. The first-order chi connectivity index (χ1) is 8.82. The second-order valence-electron chi connectivity index (χ2n) is 6.61.